The second kappa shape index (κ2) is 5.94. The van der Waals surface area contributed by atoms with Gasteiger partial charge in [0.05, 0.1) is 5.60 Å². The number of carbonyl (C=O) groups excluding carboxylic acids is 2. The molecule has 4 aliphatic carbocycles. The normalized spacial score (nSPS) is 45.9. The van der Waals surface area contributed by atoms with E-state index in [4.69, 9.17) is 4.74 Å². The molecule has 138 valence electrons. The Kier molecular flexibility index (Phi) is 4.10. The summed E-state index contributed by atoms with van der Waals surface area (Å²) in [6.45, 7) is 4.15. The zero-order chi connectivity index (χ0) is 17.8. The fraction of sp³-hybridized carbons (Fsp3) is 0.810. The van der Waals surface area contributed by atoms with Gasteiger partial charge in [0, 0.05) is 18.3 Å². The summed E-state index contributed by atoms with van der Waals surface area (Å²) in [6.07, 6.45) is 9.19. The van der Waals surface area contributed by atoms with Crippen LogP contribution in [-0.4, -0.2) is 28.6 Å². The van der Waals surface area contributed by atoms with Gasteiger partial charge in [-0.1, -0.05) is 13.8 Å². The van der Waals surface area contributed by atoms with Gasteiger partial charge in [0.25, 0.3) is 0 Å². The van der Waals surface area contributed by atoms with Gasteiger partial charge in [-0.05, 0) is 74.3 Å². The van der Waals surface area contributed by atoms with Crippen molar-refractivity contribution >= 4 is 11.8 Å². The Morgan fingerprint density at radius 2 is 2.00 bits per heavy atom. The number of carbonyl (C=O) groups is 2. The minimum Gasteiger partial charge on any atom is -0.462 e. The molecule has 0 heterocycles. The topological polar surface area (TPSA) is 63.6 Å². The summed E-state index contributed by atoms with van der Waals surface area (Å²) in [5, 5.41) is 11.5. The fourth-order valence-electron chi connectivity index (χ4n) is 6.57. The molecule has 4 aliphatic rings. The molecule has 0 bridgehead atoms. The fourth-order valence-corrected chi connectivity index (χ4v) is 6.57. The highest BCUT2D eigenvalue weighted by molar-refractivity contribution is 5.92. The van der Waals surface area contributed by atoms with Crippen molar-refractivity contribution in [1.29, 1.82) is 0 Å². The van der Waals surface area contributed by atoms with Crippen molar-refractivity contribution in [2.75, 3.05) is 0 Å². The zero-order valence-corrected chi connectivity index (χ0v) is 15.4. The largest absolute Gasteiger partial charge is 0.462 e. The molecule has 0 spiro atoms. The van der Waals surface area contributed by atoms with Gasteiger partial charge in [0.2, 0.25) is 0 Å². The molecule has 0 aromatic heterocycles. The Labute approximate surface area is 150 Å². The van der Waals surface area contributed by atoms with Gasteiger partial charge in [-0.15, -0.1) is 0 Å². The summed E-state index contributed by atoms with van der Waals surface area (Å²) >= 11 is 0. The van der Waals surface area contributed by atoms with Crippen LogP contribution in [0.3, 0.4) is 0 Å². The van der Waals surface area contributed by atoms with E-state index in [0.717, 1.165) is 44.1 Å². The van der Waals surface area contributed by atoms with Crippen molar-refractivity contribution in [2.45, 2.75) is 83.3 Å². The standard InChI is InChI=1S/C21H30O4/c1-3-19(23)25-18-7-6-16-15-5-4-13-12-14(22)8-11-21(13,24)17(15)9-10-20(16,18)2/h12,15-18,24H,3-11H2,1-2H3/t15-,16+,17+,18+,20-,21+/m0/s1. The third kappa shape index (κ3) is 2.51. The summed E-state index contributed by atoms with van der Waals surface area (Å²) in [6, 6.07) is 0. The Morgan fingerprint density at radius 1 is 1.20 bits per heavy atom. The molecule has 1 N–H and O–H groups in total. The number of ether oxygens (including phenoxy) is 1. The molecule has 3 fully saturated rings. The maximum Gasteiger partial charge on any atom is 0.305 e. The van der Waals surface area contributed by atoms with Crippen LogP contribution in [0.5, 0.6) is 0 Å². The second-order valence-corrected chi connectivity index (χ2v) is 8.93. The van der Waals surface area contributed by atoms with Crippen molar-refractivity contribution in [3.63, 3.8) is 0 Å². The first-order chi connectivity index (χ1) is 11.9. The molecule has 25 heavy (non-hydrogen) atoms. The molecule has 3 saturated carbocycles. The number of ketones is 1. The van der Waals surface area contributed by atoms with Crippen molar-refractivity contribution in [1.82, 2.24) is 0 Å². The highest BCUT2D eigenvalue weighted by Gasteiger charge is 2.60. The number of fused-ring (bicyclic) bond motifs is 5. The predicted molar refractivity (Wildman–Crippen MR) is 93.7 cm³/mol. The number of esters is 1. The summed E-state index contributed by atoms with van der Waals surface area (Å²) in [7, 11) is 0. The van der Waals surface area contributed by atoms with E-state index in [-0.39, 0.29) is 29.2 Å². The zero-order valence-electron chi connectivity index (χ0n) is 15.4. The molecule has 0 aromatic rings. The quantitative estimate of drug-likeness (QED) is 0.777. The molecule has 0 amide bonds. The lowest BCUT2D eigenvalue weighted by Crippen LogP contribution is -2.56. The van der Waals surface area contributed by atoms with Crippen LogP contribution in [0, 0.1) is 23.2 Å². The van der Waals surface area contributed by atoms with E-state index in [1.807, 2.05) is 6.92 Å². The molecule has 4 rings (SSSR count). The lowest BCUT2D eigenvalue weighted by Gasteiger charge is -2.56. The van der Waals surface area contributed by atoms with Crippen LogP contribution in [0.1, 0.15) is 71.6 Å². The number of aliphatic hydroxyl groups is 1. The molecule has 0 unspecified atom stereocenters. The summed E-state index contributed by atoms with van der Waals surface area (Å²) in [5.74, 6) is 1.35. The van der Waals surface area contributed by atoms with Crippen molar-refractivity contribution in [2.24, 2.45) is 23.2 Å². The van der Waals surface area contributed by atoms with E-state index in [1.165, 1.54) is 0 Å². The Hall–Kier alpha value is -1.16. The first kappa shape index (κ1) is 17.3. The third-order valence-electron chi connectivity index (χ3n) is 7.92. The van der Waals surface area contributed by atoms with E-state index < -0.39 is 5.60 Å². The van der Waals surface area contributed by atoms with Gasteiger partial charge in [-0.25, -0.2) is 0 Å². The average Bonchev–Trinajstić information content (AvgIpc) is 2.92. The average molecular weight is 346 g/mol. The highest BCUT2D eigenvalue weighted by Crippen LogP contribution is 2.63. The number of rotatable bonds is 2. The molecule has 0 aliphatic heterocycles. The number of hydrogen-bond acceptors (Lipinski definition) is 4. The van der Waals surface area contributed by atoms with Crippen LogP contribution in [0.15, 0.2) is 11.6 Å². The van der Waals surface area contributed by atoms with Crippen LogP contribution < -0.4 is 0 Å². The minimum absolute atomic E-state index is 0.0328. The SMILES string of the molecule is CCC(=O)O[C@@H]1CC[C@@H]2[C@@H]3CCC4=CC(=O)CC[C@]4(O)[C@@H]3CC[C@@]21C. The molecular weight excluding hydrogens is 316 g/mol. The molecule has 0 saturated heterocycles. The summed E-state index contributed by atoms with van der Waals surface area (Å²) in [5.41, 5.74) is 0.269. The van der Waals surface area contributed by atoms with Crippen LogP contribution >= 0.6 is 0 Å². The second-order valence-electron chi connectivity index (χ2n) is 8.93. The van der Waals surface area contributed by atoms with E-state index in [9.17, 15) is 14.7 Å². The van der Waals surface area contributed by atoms with Gasteiger partial charge in [-0.3, -0.25) is 9.59 Å². The van der Waals surface area contributed by atoms with Crippen molar-refractivity contribution in [3.8, 4) is 0 Å². The van der Waals surface area contributed by atoms with Crippen molar-refractivity contribution < 1.29 is 19.4 Å². The molecule has 4 heteroatoms. The summed E-state index contributed by atoms with van der Waals surface area (Å²) < 4.78 is 5.80. The van der Waals surface area contributed by atoms with Gasteiger partial charge in [0.15, 0.2) is 5.78 Å². The lowest BCUT2D eigenvalue weighted by molar-refractivity contribution is -0.162. The Morgan fingerprint density at radius 3 is 2.76 bits per heavy atom. The number of hydrogen-bond donors (Lipinski definition) is 1. The van der Waals surface area contributed by atoms with Gasteiger partial charge in [0.1, 0.15) is 6.10 Å². The maximum absolute atomic E-state index is 11.8. The molecule has 0 aromatic carbocycles. The first-order valence-corrected chi connectivity index (χ1v) is 10.0. The lowest BCUT2D eigenvalue weighted by atomic mass is 9.50. The van der Waals surface area contributed by atoms with E-state index in [1.54, 1.807) is 6.08 Å². The predicted octanol–water partition coefficient (Wildman–Crippen LogP) is 3.56. The van der Waals surface area contributed by atoms with Crippen LogP contribution in [-0.2, 0) is 14.3 Å². The van der Waals surface area contributed by atoms with E-state index in [2.05, 4.69) is 6.92 Å². The van der Waals surface area contributed by atoms with E-state index >= 15 is 0 Å². The van der Waals surface area contributed by atoms with Crippen molar-refractivity contribution in [3.05, 3.63) is 11.6 Å². The maximum atomic E-state index is 11.8. The minimum atomic E-state index is -0.768. The highest BCUT2D eigenvalue weighted by atomic mass is 16.5. The van der Waals surface area contributed by atoms with E-state index in [0.29, 0.717) is 31.1 Å². The molecule has 6 atom stereocenters. The smallest absolute Gasteiger partial charge is 0.305 e. The van der Waals surface area contributed by atoms with Crippen LogP contribution in [0.25, 0.3) is 0 Å². The van der Waals surface area contributed by atoms with Gasteiger partial charge >= 0.3 is 5.97 Å². The monoisotopic (exact) mass is 346 g/mol. The first-order valence-electron chi connectivity index (χ1n) is 10.0. The molecular formula is C21H30O4. The third-order valence-corrected chi connectivity index (χ3v) is 7.92. The van der Waals surface area contributed by atoms with Gasteiger partial charge in [-0.2, -0.15) is 0 Å². The van der Waals surface area contributed by atoms with Gasteiger partial charge < -0.3 is 9.84 Å². The Balaban J connectivity index is 1.59. The summed E-state index contributed by atoms with van der Waals surface area (Å²) in [4.78, 5) is 23.6. The van der Waals surface area contributed by atoms with Crippen LogP contribution in [0.2, 0.25) is 0 Å². The molecule has 0 radical (unpaired) electrons. The molecule has 4 nitrogen and oxygen atoms in total. The van der Waals surface area contributed by atoms with Crippen LogP contribution in [0.4, 0.5) is 0 Å². The Bertz CT molecular complexity index is 623.